The summed E-state index contributed by atoms with van der Waals surface area (Å²) in [4.78, 5) is 4.55. The summed E-state index contributed by atoms with van der Waals surface area (Å²) in [6.45, 7) is 4.36. The lowest BCUT2D eigenvalue weighted by atomic mass is 10.1. The molecule has 0 fully saturated rings. The van der Waals surface area contributed by atoms with Gasteiger partial charge in [0.05, 0.1) is 29.4 Å². The highest BCUT2D eigenvalue weighted by molar-refractivity contribution is 5.82. The van der Waals surface area contributed by atoms with Crippen molar-refractivity contribution in [3.05, 3.63) is 77.2 Å². The Kier molecular flexibility index (Phi) is 4.06. The van der Waals surface area contributed by atoms with E-state index < -0.39 is 11.7 Å². The number of benzene rings is 2. The van der Waals surface area contributed by atoms with E-state index in [0.717, 1.165) is 28.8 Å². The molecule has 4 aromatic rings. The number of nitrogens with zero attached hydrogens (tertiary/aromatic N) is 2. The molecule has 0 spiro atoms. The van der Waals surface area contributed by atoms with Gasteiger partial charge in [-0.3, -0.25) is 0 Å². The van der Waals surface area contributed by atoms with Crippen LogP contribution in [0.5, 0.6) is 0 Å². The van der Waals surface area contributed by atoms with E-state index in [-0.39, 0.29) is 0 Å². The SMILES string of the molecule is Cc1ccc(-c2nc3cc(C(F)(F)F)ccc3n2Cc2ccco2)c(C)c1. The quantitative estimate of drug-likeness (QED) is 0.444. The fourth-order valence-corrected chi connectivity index (χ4v) is 3.29. The number of imidazole rings is 1. The summed E-state index contributed by atoms with van der Waals surface area (Å²) in [5, 5.41) is 0. The van der Waals surface area contributed by atoms with Gasteiger partial charge in [-0.1, -0.05) is 23.8 Å². The van der Waals surface area contributed by atoms with E-state index in [9.17, 15) is 13.2 Å². The van der Waals surface area contributed by atoms with Gasteiger partial charge in [0.15, 0.2) is 0 Å². The van der Waals surface area contributed by atoms with Gasteiger partial charge in [-0.15, -0.1) is 0 Å². The highest BCUT2D eigenvalue weighted by atomic mass is 19.4. The molecule has 138 valence electrons. The molecule has 4 rings (SSSR count). The Morgan fingerprint density at radius 3 is 2.52 bits per heavy atom. The lowest BCUT2D eigenvalue weighted by Gasteiger charge is -2.11. The summed E-state index contributed by atoms with van der Waals surface area (Å²) >= 11 is 0. The molecule has 27 heavy (non-hydrogen) atoms. The van der Waals surface area contributed by atoms with Crippen LogP contribution in [0.25, 0.3) is 22.4 Å². The highest BCUT2D eigenvalue weighted by Crippen LogP contribution is 2.34. The van der Waals surface area contributed by atoms with E-state index in [2.05, 4.69) is 4.98 Å². The van der Waals surface area contributed by atoms with Gasteiger partial charge < -0.3 is 8.98 Å². The van der Waals surface area contributed by atoms with Crippen molar-refractivity contribution in [3.8, 4) is 11.4 Å². The third-order valence-corrected chi connectivity index (χ3v) is 4.59. The average Bonchev–Trinajstić information content (AvgIpc) is 3.22. The molecular formula is C21H17F3N2O. The molecule has 2 aromatic heterocycles. The van der Waals surface area contributed by atoms with Crippen molar-refractivity contribution in [2.45, 2.75) is 26.6 Å². The van der Waals surface area contributed by atoms with Crippen LogP contribution in [-0.4, -0.2) is 9.55 Å². The molecule has 0 bridgehead atoms. The number of aromatic nitrogens is 2. The van der Waals surface area contributed by atoms with Crippen LogP contribution in [0.15, 0.2) is 59.2 Å². The molecule has 0 saturated carbocycles. The second-order valence-electron chi connectivity index (χ2n) is 6.62. The fourth-order valence-electron chi connectivity index (χ4n) is 3.29. The van der Waals surface area contributed by atoms with Crippen LogP contribution in [0.2, 0.25) is 0 Å². The van der Waals surface area contributed by atoms with E-state index in [1.165, 1.54) is 6.07 Å². The van der Waals surface area contributed by atoms with E-state index in [0.29, 0.717) is 29.2 Å². The van der Waals surface area contributed by atoms with Gasteiger partial charge in [0.1, 0.15) is 11.6 Å². The van der Waals surface area contributed by atoms with Crippen LogP contribution < -0.4 is 0 Å². The van der Waals surface area contributed by atoms with Crippen LogP contribution >= 0.6 is 0 Å². The minimum atomic E-state index is -4.40. The summed E-state index contributed by atoms with van der Waals surface area (Å²) in [6.07, 6.45) is -2.83. The smallest absolute Gasteiger partial charge is 0.416 e. The summed E-state index contributed by atoms with van der Waals surface area (Å²) < 4.78 is 46.7. The van der Waals surface area contributed by atoms with Crippen LogP contribution in [-0.2, 0) is 12.7 Å². The van der Waals surface area contributed by atoms with Gasteiger partial charge in [-0.25, -0.2) is 4.98 Å². The Bertz CT molecular complexity index is 1110. The number of rotatable bonds is 3. The van der Waals surface area contributed by atoms with Crippen molar-refractivity contribution in [1.29, 1.82) is 0 Å². The molecule has 2 aromatic carbocycles. The van der Waals surface area contributed by atoms with Crippen LogP contribution in [0, 0.1) is 13.8 Å². The molecule has 3 nitrogen and oxygen atoms in total. The molecule has 0 atom stereocenters. The zero-order valence-electron chi connectivity index (χ0n) is 14.8. The van der Waals surface area contributed by atoms with Gasteiger partial charge in [0.25, 0.3) is 0 Å². The zero-order chi connectivity index (χ0) is 19.2. The maximum absolute atomic E-state index is 13.1. The van der Waals surface area contributed by atoms with Crippen LogP contribution in [0.3, 0.4) is 0 Å². The summed E-state index contributed by atoms with van der Waals surface area (Å²) in [6, 6.07) is 13.2. The van der Waals surface area contributed by atoms with Gasteiger partial charge in [0.2, 0.25) is 0 Å². The Morgan fingerprint density at radius 2 is 1.85 bits per heavy atom. The predicted molar refractivity (Wildman–Crippen MR) is 97.5 cm³/mol. The summed E-state index contributed by atoms with van der Waals surface area (Å²) in [5.74, 6) is 1.33. The van der Waals surface area contributed by atoms with Crippen molar-refractivity contribution in [2.24, 2.45) is 0 Å². The molecule has 0 saturated heterocycles. The topological polar surface area (TPSA) is 31.0 Å². The van der Waals surface area contributed by atoms with Crippen molar-refractivity contribution in [2.75, 3.05) is 0 Å². The second kappa shape index (κ2) is 6.30. The summed E-state index contributed by atoms with van der Waals surface area (Å²) in [7, 11) is 0. The standard InChI is InChI=1S/C21H17F3N2O/c1-13-5-7-17(14(2)10-13)20-25-18-11-15(21(22,23)24)6-8-19(18)26(20)12-16-4-3-9-27-16/h3-11H,12H2,1-2H3. The van der Waals surface area contributed by atoms with Crippen molar-refractivity contribution in [3.63, 3.8) is 0 Å². The average molecular weight is 370 g/mol. The van der Waals surface area contributed by atoms with Gasteiger partial charge >= 0.3 is 6.18 Å². The number of hydrogen-bond acceptors (Lipinski definition) is 2. The first kappa shape index (κ1) is 17.4. The molecule has 0 aliphatic heterocycles. The van der Waals surface area contributed by atoms with E-state index in [1.807, 2.05) is 42.7 Å². The van der Waals surface area contributed by atoms with Crippen LogP contribution in [0.4, 0.5) is 13.2 Å². The Hall–Kier alpha value is -3.02. The third-order valence-electron chi connectivity index (χ3n) is 4.59. The zero-order valence-corrected chi connectivity index (χ0v) is 14.8. The number of aryl methyl sites for hydroxylation is 2. The first-order valence-electron chi connectivity index (χ1n) is 8.50. The van der Waals surface area contributed by atoms with Gasteiger partial charge in [0, 0.05) is 5.56 Å². The van der Waals surface area contributed by atoms with Crippen LogP contribution in [0.1, 0.15) is 22.5 Å². The number of fused-ring (bicyclic) bond motifs is 1. The maximum atomic E-state index is 13.1. The first-order valence-corrected chi connectivity index (χ1v) is 8.50. The van der Waals surface area contributed by atoms with Gasteiger partial charge in [-0.2, -0.15) is 13.2 Å². The molecule has 0 N–H and O–H groups in total. The Labute approximate surface area is 154 Å². The molecule has 2 heterocycles. The first-order chi connectivity index (χ1) is 12.8. The fraction of sp³-hybridized carbons (Fsp3) is 0.190. The van der Waals surface area contributed by atoms with Gasteiger partial charge in [-0.05, 0) is 49.7 Å². The lowest BCUT2D eigenvalue weighted by molar-refractivity contribution is -0.137. The largest absolute Gasteiger partial charge is 0.467 e. The molecule has 6 heteroatoms. The minimum absolute atomic E-state index is 0.311. The number of hydrogen-bond donors (Lipinski definition) is 0. The van der Waals surface area contributed by atoms with Crippen molar-refractivity contribution in [1.82, 2.24) is 9.55 Å². The summed E-state index contributed by atoms with van der Waals surface area (Å²) in [5.41, 5.74) is 3.26. The number of halogens is 3. The maximum Gasteiger partial charge on any atom is 0.416 e. The van der Waals surface area contributed by atoms with Crippen molar-refractivity contribution < 1.29 is 17.6 Å². The molecule has 0 aliphatic rings. The predicted octanol–water partition coefficient (Wildman–Crippen LogP) is 5.98. The Morgan fingerprint density at radius 1 is 1.04 bits per heavy atom. The highest BCUT2D eigenvalue weighted by Gasteiger charge is 2.31. The van der Waals surface area contributed by atoms with E-state index in [4.69, 9.17) is 4.42 Å². The lowest BCUT2D eigenvalue weighted by Crippen LogP contribution is -2.05. The molecular weight excluding hydrogens is 353 g/mol. The molecule has 0 aliphatic carbocycles. The minimum Gasteiger partial charge on any atom is -0.467 e. The Balaban J connectivity index is 1.95. The number of alkyl halides is 3. The van der Waals surface area contributed by atoms with Crippen molar-refractivity contribution >= 4 is 11.0 Å². The molecule has 0 radical (unpaired) electrons. The third kappa shape index (κ3) is 3.23. The normalized spacial score (nSPS) is 12.0. The van der Waals surface area contributed by atoms with E-state index in [1.54, 1.807) is 12.3 Å². The monoisotopic (exact) mass is 370 g/mol. The number of furan rings is 1. The van der Waals surface area contributed by atoms with E-state index >= 15 is 0 Å². The molecule has 0 amide bonds. The second-order valence-corrected chi connectivity index (χ2v) is 6.62. The molecule has 0 unspecified atom stereocenters.